The Kier molecular flexibility index (Phi) is 13.6. The van der Waals surface area contributed by atoms with Crippen LogP contribution in [0.1, 0.15) is 25.7 Å². The predicted molar refractivity (Wildman–Crippen MR) is 330 cm³/mol. The van der Waals surface area contributed by atoms with Crippen LogP contribution in [0.15, 0.2) is 241 Å². The number of hydrogen-bond donors (Lipinski definition) is 0. The van der Waals surface area contributed by atoms with Gasteiger partial charge in [-0.2, -0.15) is 0 Å². The van der Waals surface area contributed by atoms with Gasteiger partial charge in [-0.1, -0.05) is 204 Å². The molecule has 0 atom stereocenters. The third kappa shape index (κ3) is 9.01. The molecule has 6 nitrogen and oxygen atoms in total. The summed E-state index contributed by atoms with van der Waals surface area (Å²) in [6.07, 6.45) is 3.26. The van der Waals surface area contributed by atoms with Gasteiger partial charge in [-0.25, -0.2) is 3.93 Å². The van der Waals surface area contributed by atoms with E-state index in [1.807, 2.05) is 0 Å². The first-order valence-electron chi connectivity index (χ1n) is 26.7. The first-order valence-corrected chi connectivity index (χ1v) is 28.2. The summed E-state index contributed by atoms with van der Waals surface area (Å²) >= 11 is 6.51. The highest BCUT2D eigenvalue weighted by Gasteiger charge is 2.43. The third-order valence-electron chi connectivity index (χ3n) is 15.6. The molecule has 0 N–H and O–H groups in total. The minimum Gasteiger partial charge on any atom is -0.381 e. The van der Waals surface area contributed by atoms with Crippen molar-refractivity contribution in [2.24, 2.45) is 0 Å². The largest absolute Gasteiger partial charge is 0.381 e. The van der Waals surface area contributed by atoms with Crippen molar-refractivity contribution in [3.63, 3.8) is 0 Å². The molecule has 10 aromatic carbocycles. The molecule has 6 aliphatic rings. The first kappa shape index (κ1) is 49.6. The summed E-state index contributed by atoms with van der Waals surface area (Å²) in [6.45, 7) is 2.33. The van der Waals surface area contributed by atoms with Crippen LogP contribution in [0, 0.1) is 0 Å². The molecule has 2 saturated heterocycles. The van der Waals surface area contributed by atoms with Crippen LogP contribution in [0.4, 0.5) is 22.7 Å². The van der Waals surface area contributed by atoms with Gasteiger partial charge >= 0.3 is 13.7 Å². The van der Waals surface area contributed by atoms with Gasteiger partial charge in [-0.3, -0.25) is 9.59 Å². The van der Waals surface area contributed by atoms with Gasteiger partial charge in [-0.05, 0) is 128 Å². The Morgan fingerprint density at radius 1 is 0.346 bits per heavy atom. The van der Waals surface area contributed by atoms with Crippen molar-refractivity contribution >= 4 is 102 Å². The number of ether oxygens (including phenoxy) is 1. The van der Waals surface area contributed by atoms with Gasteiger partial charge in [0.15, 0.2) is 0 Å². The number of nitrogens with zero attached hydrogens (tertiary/aromatic N) is 3. The lowest BCUT2D eigenvalue weighted by atomic mass is 9.43. The molecule has 0 unspecified atom stereocenters. The summed E-state index contributed by atoms with van der Waals surface area (Å²) < 4.78 is 7.03. The van der Waals surface area contributed by atoms with Gasteiger partial charge in [0.05, 0.1) is 16.1 Å². The maximum absolute atomic E-state index is 10.4. The molecule has 2 amide bonds. The van der Waals surface area contributed by atoms with Gasteiger partial charge in [0.1, 0.15) is 0 Å². The Morgan fingerprint density at radius 2 is 0.692 bits per heavy atom. The molecule has 6 aliphatic heterocycles. The molecule has 0 spiro atoms. The van der Waals surface area contributed by atoms with Crippen molar-refractivity contribution in [1.29, 1.82) is 0 Å². The van der Waals surface area contributed by atoms with Gasteiger partial charge < -0.3 is 14.4 Å². The summed E-state index contributed by atoms with van der Waals surface area (Å²) in [5.41, 5.74) is 26.0. The maximum Gasteiger partial charge on any atom is 0.329 e. The van der Waals surface area contributed by atoms with E-state index >= 15 is 0 Å². The average molecular weight is 1140 g/mol. The smallest absolute Gasteiger partial charge is 0.329 e. The summed E-state index contributed by atoms with van der Waals surface area (Å²) in [4.78, 5) is 26.0. The number of fused-ring (bicyclic) bond motifs is 22. The van der Waals surface area contributed by atoms with E-state index < -0.39 is 0 Å². The second-order valence-corrected chi connectivity index (χ2v) is 21.8. The van der Waals surface area contributed by atoms with Crippen LogP contribution in [-0.2, 0) is 14.3 Å². The fraction of sp³-hybridized carbons (Fsp3) is 0.0882. The summed E-state index contributed by atoms with van der Waals surface area (Å²) in [5, 5.41) is 0. The monoisotopic (exact) mass is 1140 g/mol. The normalized spacial score (nSPS) is 14.4. The number of rotatable bonds is 2. The Morgan fingerprint density at radius 3 is 1.09 bits per heavy atom. The van der Waals surface area contributed by atoms with Crippen molar-refractivity contribution in [3.05, 3.63) is 241 Å². The molecule has 16 rings (SSSR count). The quantitative estimate of drug-likeness (QED) is 0.0981. The number of para-hydroxylation sites is 1. The van der Waals surface area contributed by atoms with Crippen molar-refractivity contribution in [3.8, 4) is 66.8 Å². The van der Waals surface area contributed by atoms with E-state index in [4.69, 9.17) is 4.74 Å². The number of anilines is 4. The van der Waals surface area contributed by atoms with E-state index in [0.29, 0.717) is 12.8 Å². The number of carbonyl (C=O) groups is 2. The van der Waals surface area contributed by atoms with Gasteiger partial charge in [0.2, 0.25) is 11.8 Å². The van der Waals surface area contributed by atoms with E-state index in [2.05, 4.69) is 278 Å². The molecule has 78 heavy (non-hydrogen) atoms. The minimum atomic E-state index is -0.144. The van der Waals surface area contributed by atoms with Crippen LogP contribution in [0.3, 0.4) is 0 Å². The zero-order valence-electron chi connectivity index (χ0n) is 42.7. The minimum absolute atomic E-state index is 0.144. The Labute approximate surface area is 473 Å². The van der Waals surface area contributed by atoms with E-state index in [-0.39, 0.29) is 25.5 Å². The maximum atomic E-state index is 10.4. The SMILES string of the molecule is Brc1ccc2c(c1)-c1ccccc1B1c3ccccc3-c3cc(-c4ccccc4)ccc3N12.C1CCOC1.O=C1CCC(=O)N1Br.c1ccc(-c2ccc3c(c2)-c2ccccc2B2c4ccccc4-c4ccccc4N23)cc1. The van der Waals surface area contributed by atoms with Crippen LogP contribution in [-0.4, -0.2) is 42.6 Å². The summed E-state index contributed by atoms with van der Waals surface area (Å²) in [5.74, 6) is -0.287. The first-order chi connectivity index (χ1) is 38.4. The van der Waals surface area contributed by atoms with E-state index in [0.717, 1.165) is 21.6 Å². The average Bonchev–Trinajstić information content (AvgIpc) is 4.32. The van der Waals surface area contributed by atoms with Crippen molar-refractivity contribution in [2.45, 2.75) is 25.7 Å². The molecular weight excluding hydrogens is 1090 g/mol. The third-order valence-corrected chi connectivity index (χ3v) is 16.9. The number of halogens is 2. The molecule has 10 heteroatoms. The molecule has 0 bridgehead atoms. The number of imide groups is 1. The fourth-order valence-electron chi connectivity index (χ4n) is 12.1. The Bertz CT molecular complexity index is 3900. The number of carbonyl (C=O) groups excluding carboxylic acids is 2. The van der Waals surface area contributed by atoms with Crippen LogP contribution < -0.4 is 31.5 Å². The van der Waals surface area contributed by atoms with Gasteiger partial charge in [0.25, 0.3) is 0 Å². The molecule has 2 fully saturated rings. The van der Waals surface area contributed by atoms with Gasteiger partial charge in [-0.15, -0.1) is 0 Å². The van der Waals surface area contributed by atoms with Crippen LogP contribution in [0.2, 0.25) is 0 Å². The topological polar surface area (TPSA) is 53.1 Å². The van der Waals surface area contributed by atoms with E-state index in [1.165, 1.54) is 124 Å². The Hall–Kier alpha value is -8.01. The number of hydrogen-bond acceptors (Lipinski definition) is 5. The molecular formula is C68H51B2Br2N3O3. The zero-order valence-corrected chi connectivity index (χ0v) is 45.9. The molecule has 376 valence electrons. The van der Waals surface area contributed by atoms with Crippen molar-refractivity contribution < 1.29 is 14.3 Å². The lowest BCUT2D eigenvalue weighted by Crippen LogP contribution is -2.59. The number of benzene rings is 10. The standard InChI is InChI=1S/C30H19BBrN.C30H20BN.C4H4BrNO2.C4H8O/c32-22-15-17-30-26(19-22)24-11-5-7-13-28(24)31-27-12-6-4-10-23(27)25-18-21(14-16-29(25)33(30)31)20-8-2-1-3-9-20;1-2-10-21(11-3-1)22-18-19-30-26(20-22)24-13-5-8-16-28(24)31-27-15-7-4-12-23(27)25-14-6-9-17-29(25)32(30)31;5-6-3(7)1-2-4(6)8;1-2-4-5-3-1/h1-19H;1-20H;1-2H2;1-4H2. The molecule has 0 aliphatic carbocycles. The molecule has 10 aromatic rings. The molecule has 0 radical (unpaired) electrons. The molecule has 0 aromatic heterocycles. The lowest BCUT2D eigenvalue weighted by Gasteiger charge is -2.43. The highest BCUT2D eigenvalue weighted by atomic mass is 79.9. The van der Waals surface area contributed by atoms with Crippen molar-refractivity contribution in [2.75, 3.05) is 22.8 Å². The number of amides is 2. The van der Waals surface area contributed by atoms with Crippen LogP contribution in [0.5, 0.6) is 0 Å². The van der Waals surface area contributed by atoms with Crippen LogP contribution >= 0.6 is 32.1 Å². The second kappa shape index (κ2) is 21.4. The second-order valence-electron chi connectivity index (χ2n) is 20.2. The Balaban J connectivity index is 0.000000121. The van der Waals surface area contributed by atoms with Crippen molar-refractivity contribution in [1.82, 2.24) is 3.93 Å². The fourth-order valence-corrected chi connectivity index (χ4v) is 12.8. The van der Waals surface area contributed by atoms with Gasteiger partial charge in [0, 0.05) is 75.5 Å². The zero-order chi connectivity index (χ0) is 52.7. The van der Waals surface area contributed by atoms with E-state index in [9.17, 15) is 9.59 Å². The lowest BCUT2D eigenvalue weighted by molar-refractivity contribution is -0.131. The highest BCUT2D eigenvalue weighted by Crippen LogP contribution is 2.49. The summed E-state index contributed by atoms with van der Waals surface area (Å²) in [7, 11) is 0. The van der Waals surface area contributed by atoms with Crippen LogP contribution in [0.25, 0.3) is 66.8 Å². The summed E-state index contributed by atoms with van der Waals surface area (Å²) in [6, 6.07) is 86.2. The molecule has 6 heterocycles. The molecule has 0 saturated carbocycles. The van der Waals surface area contributed by atoms with E-state index in [1.54, 1.807) is 0 Å². The predicted octanol–water partition coefficient (Wildman–Crippen LogP) is 14.5. The highest BCUT2D eigenvalue weighted by molar-refractivity contribution is 9.10.